The number of phenols is 2. The van der Waals surface area contributed by atoms with Crippen LogP contribution in [-0.2, 0) is 23.2 Å². The number of benzene rings is 2. The zero-order valence-electron chi connectivity index (χ0n) is 16.5. The second kappa shape index (κ2) is 6.97. The largest absolute Gasteiger partial charge is 0.504 e. The van der Waals surface area contributed by atoms with Gasteiger partial charge < -0.3 is 19.8 Å². The Hall–Kier alpha value is -2.69. The average Bonchev–Trinajstić information content (AvgIpc) is 2.74. The highest BCUT2D eigenvalue weighted by Gasteiger charge is 2.55. The number of amides is 1. The summed E-state index contributed by atoms with van der Waals surface area (Å²) in [5, 5.41) is 20.2. The van der Waals surface area contributed by atoms with E-state index in [9.17, 15) is 15.0 Å². The second-order valence-corrected chi connectivity index (χ2v) is 8.76. The molecular weight excluding hydrogens is 366 g/mol. The van der Waals surface area contributed by atoms with Crippen LogP contribution < -0.4 is 0 Å². The molecule has 5 rings (SSSR count). The molecule has 5 nitrogen and oxygen atoms in total. The molecule has 0 radical (unpaired) electrons. The summed E-state index contributed by atoms with van der Waals surface area (Å²) in [5.41, 5.74) is 3.23. The SMILES string of the molecule is O=C(OCc1ccccc1)N1CC[C@@]23CCCC[C@@H]2[C@@H]1Cc1cc(O)c(O)cc13. The Bertz CT molecular complexity index is 928. The van der Waals surface area contributed by atoms with Crippen LogP contribution in [0.15, 0.2) is 42.5 Å². The van der Waals surface area contributed by atoms with E-state index in [1.807, 2.05) is 35.2 Å². The summed E-state index contributed by atoms with van der Waals surface area (Å²) in [6, 6.07) is 13.3. The van der Waals surface area contributed by atoms with Gasteiger partial charge in [-0.1, -0.05) is 43.2 Å². The molecule has 2 aromatic carbocycles. The molecule has 0 aromatic heterocycles. The van der Waals surface area contributed by atoms with Gasteiger partial charge in [0.25, 0.3) is 0 Å². The van der Waals surface area contributed by atoms with Crippen molar-refractivity contribution >= 4 is 6.09 Å². The van der Waals surface area contributed by atoms with Crippen LogP contribution in [0.1, 0.15) is 48.8 Å². The third-order valence-corrected chi connectivity index (χ3v) is 7.37. The molecule has 3 atom stereocenters. The second-order valence-electron chi connectivity index (χ2n) is 8.76. The van der Waals surface area contributed by atoms with Crippen molar-refractivity contribution in [3.05, 3.63) is 59.2 Å². The van der Waals surface area contributed by atoms with Crippen molar-refractivity contribution in [1.29, 1.82) is 0 Å². The van der Waals surface area contributed by atoms with Crippen LogP contribution in [-0.4, -0.2) is 33.8 Å². The van der Waals surface area contributed by atoms with E-state index in [0.29, 0.717) is 18.9 Å². The normalized spacial score (nSPS) is 27.7. The fourth-order valence-corrected chi connectivity index (χ4v) is 6.07. The minimum absolute atomic E-state index is 0.00209. The van der Waals surface area contributed by atoms with Crippen molar-refractivity contribution in [3.8, 4) is 11.5 Å². The lowest BCUT2D eigenvalue weighted by atomic mass is 9.52. The van der Waals surface area contributed by atoms with Gasteiger partial charge in [-0.3, -0.25) is 0 Å². The fourth-order valence-electron chi connectivity index (χ4n) is 6.07. The molecule has 0 unspecified atom stereocenters. The monoisotopic (exact) mass is 393 g/mol. The summed E-state index contributed by atoms with van der Waals surface area (Å²) < 4.78 is 5.66. The highest BCUT2D eigenvalue weighted by molar-refractivity contribution is 5.69. The molecule has 0 spiro atoms. The van der Waals surface area contributed by atoms with Gasteiger partial charge in [-0.25, -0.2) is 4.79 Å². The van der Waals surface area contributed by atoms with Crippen LogP contribution in [0.2, 0.25) is 0 Å². The van der Waals surface area contributed by atoms with Gasteiger partial charge in [0, 0.05) is 18.0 Å². The number of carbonyl (C=O) groups excluding carboxylic acids is 1. The Morgan fingerprint density at radius 1 is 1.10 bits per heavy atom. The van der Waals surface area contributed by atoms with E-state index in [1.54, 1.807) is 12.1 Å². The zero-order chi connectivity index (χ0) is 20.0. The molecule has 1 saturated carbocycles. The smallest absolute Gasteiger partial charge is 0.410 e. The highest BCUT2D eigenvalue weighted by atomic mass is 16.6. The Labute approximate surface area is 170 Å². The van der Waals surface area contributed by atoms with Crippen molar-refractivity contribution < 1.29 is 19.7 Å². The number of piperidine rings is 1. The molecule has 3 aliphatic rings. The summed E-state index contributed by atoms with van der Waals surface area (Å²) >= 11 is 0. The van der Waals surface area contributed by atoms with E-state index >= 15 is 0 Å². The first kappa shape index (κ1) is 18.3. The van der Waals surface area contributed by atoms with Crippen LogP contribution in [0.25, 0.3) is 0 Å². The number of hydrogen-bond donors (Lipinski definition) is 2. The lowest BCUT2D eigenvalue weighted by Gasteiger charge is -2.58. The molecule has 2 fully saturated rings. The lowest BCUT2D eigenvalue weighted by Crippen LogP contribution is -2.62. The zero-order valence-corrected chi connectivity index (χ0v) is 16.5. The van der Waals surface area contributed by atoms with E-state index < -0.39 is 0 Å². The number of fused-ring (bicyclic) bond motifs is 1. The average molecular weight is 393 g/mol. The highest BCUT2D eigenvalue weighted by Crippen LogP contribution is 2.57. The van der Waals surface area contributed by atoms with Crippen molar-refractivity contribution in [2.75, 3.05) is 6.54 Å². The predicted octanol–water partition coefficient (Wildman–Crippen LogP) is 4.49. The first-order valence-electron chi connectivity index (χ1n) is 10.6. The van der Waals surface area contributed by atoms with Crippen LogP contribution in [0.5, 0.6) is 11.5 Å². The molecule has 2 aliphatic carbocycles. The Morgan fingerprint density at radius 2 is 1.90 bits per heavy atom. The molecule has 2 aromatic rings. The van der Waals surface area contributed by atoms with Crippen LogP contribution >= 0.6 is 0 Å². The number of likely N-dealkylation sites (tertiary alicyclic amines) is 1. The molecule has 2 N–H and O–H groups in total. The maximum atomic E-state index is 13.0. The van der Waals surface area contributed by atoms with Gasteiger partial charge in [-0.2, -0.15) is 0 Å². The first-order chi connectivity index (χ1) is 14.1. The topological polar surface area (TPSA) is 70.0 Å². The number of rotatable bonds is 2. The molecule has 2 bridgehead atoms. The summed E-state index contributed by atoms with van der Waals surface area (Å²) in [6.45, 7) is 0.958. The summed E-state index contributed by atoms with van der Waals surface area (Å²) in [6.07, 6.45) is 5.86. The molecular formula is C24H27NO4. The Balaban J connectivity index is 1.44. The van der Waals surface area contributed by atoms with Gasteiger partial charge in [-0.05, 0) is 60.4 Å². The maximum absolute atomic E-state index is 13.0. The Kier molecular flexibility index (Phi) is 4.41. The number of carbonyl (C=O) groups is 1. The third-order valence-electron chi connectivity index (χ3n) is 7.37. The lowest BCUT2D eigenvalue weighted by molar-refractivity contribution is -0.0137. The van der Waals surface area contributed by atoms with Crippen LogP contribution in [0.4, 0.5) is 4.79 Å². The molecule has 1 amide bonds. The van der Waals surface area contributed by atoms with Crippen molar-refractivity contribution in [1.82, 2.24) is 4.90 Å². The van der Waals surface area contributed by atoms with Crippen molar-refractivity contribution in [3.63, 3.8) is 0 Å². The molecule has 1 saturated heterocycles. The van der Waals surface area contributed by atoms with E-state index in [1.165, 1.54) is 18.4 Å². The van der Waals surface area contributed by atoms with Gasteiger partial charge in [0.1, 0.15) is 6.61 Å². The molecule has 152 valence electrons. The fraction of sp³-hybridized carbons (Fsp3) is 0.458. The van der Waals surface area contributed by atoms with Crippen molar-refractivity contribution in [2.24, 2.45) is 5.92 Å². The number of ether oxygens (including phenoxy) is 1. The number of aromatic hydroxyl groups is 2. The number of phenolic OH excluding ortho intramolecular Hbond substituents is 2. The summed E-state index contributed by atoms with van der Waals surface area (Å²) in [7, 11) is 0. The van der Waals surface area contributed by atoms with Gasteiger partial charge in [0.2, 0.25) is 0 Å². The quantitative estimate of drug-likeness (QED) is 0.738. The molecule has 5 heteroatoms. The summed E-state index contributed by atoms with van der Waals surface area (Å²) in [5.74, 6) is 0.266. The van der Waals surface area contributed by atoms with E-state index in [2.05, 4.69) is 0 Å². The van der Waals surface area contributed by atoms with Gasteiger partial charge in [0.15, 0.2) is 11.5 Å². The third kappa shape index (κ3) is 2.95. The van der Waals surface area contributed by atoms with E-state index in [-0.39, 0.29) is 35.7 Å². The number of nitrogens with zero attached hydrogens (tertiary/aromatic N) is 1. The first-order valence-corrected chi connectivity index (χ1v) is 10.6. The van der Waals surface area contributed by atoms with Crippen molar-refractivity contribution in [2.45, 2.75) is 56.6 Å². The predicted molar refractivity (Wildman–Crippen MR) is 109 cm³/mol. The van der Waals surface area contributed by atoms with Gasteiger partial charge in [-0.15, -0.1) is 0 Å². The number of hydrogen-bond acceptors (Lipinski definition) is 4. The van der Waals surface area contributed by atoms with E-state index in [4.69, 9.17) is 4.74 Å². The molecule has 1 aliphatic heterocycles. The maximum Gasteiger partial charge on any atom is 0.410 e. The molecule has 1 heterocycles. The Morgan fingerprint density at radius 3 is 2.72 bits per heavy atom. The minimum atomic E-state index is -0.246. The van der Waals surface area contributed by atoms with Crippen LogP contribution in [0, 0.1) is 5.92 Å². The molecule has 29 heavy (non-hydrogen) atoms. The van der Waals surface area contributed by atoms with E-state index in [0.717, 1.165) is 30.4 Å². The van der Waals surface area contributed by atoms with Gasteiger partial charge in [0.05, 0.1) is 0 Å². The summed E-state index contributed by atoms with van der Waals surface area (Å²) in [4.78, 5) is 14.9. The van der Waals surface area contributed by atoms with Gasteiger partial charge >= 0.3 is 6.09 Å². The minimum Gasteiger partial charge on any atom is -0.504 e. The standard InChI is InChI=1S/C24H27NO4/c26-21-13-17-12-20-18-8-4-5-9-24(18,19(17)14-22(21)27)10-11-25(20)23(28)29-15-16-6-2-1-3-7-16/h1-3,6-7,13-14,18,20,26-27H,4-5,8-12,15H2/t18-,20+,24+/m1/s1. The van der Waals surface area contributed by atoms with Crippen LogP contribution in [0.3, 0.4) is 0 Å².